The van der Waals surface area contributed by atoms with Gasteiger partial charge in [-0.2, -0.15) is 13.2 Å². The zero-order valence-corrected chi connectivity index (χ0v) is 18.4. The maximum Gasteiger partial charge on any atom is 0.423 e. The first-order valence-electron chi connectivity index (χ1n) is 11.0. The summed E-state index contributed by atoms with van der Waals surface area (Å²) in [5.41, 5.74) is -1.08. The van der Waals surface area contributed by atoms with Crippen LogP contribution < -0.4 is 16.0 Å². The number of para-hydroxylation sites is 1. The lowest BCUT2D eigenvalue weighted by atomic mass is 9.92. The fourth-order valence-electron chi connectivity index (χ4n) is 3.83. The molecule has 3 N–H and O–H groups in total. The average molecular weight is 480 g/mol. The molecule has 1 saturated carbocycles. The van der Waals surface area contributed by atoms with Crippen LogP contribution in [0.15, 0.2) is 48.5 Å². The molecule has 0 saturated heterocycles. The molecule has 8 nitrogen and oxygen atoms in total. The van der Waals surface area contributed by atoms with E-state index in [1.165, 1.54) is 6.07 Å². The van der Waals surface area contributed by atoms with Crippen molar-refractivity contribution in [2.45, 2.75) is 44.0 Å². The third kappa shape index (κ3) is 7.62. The molecule has 0 aromatic heterocycles. The molecule has 1 fully saturated rings. The number of halogens is 3. The number of nitro groups is 1. The molecule has 0 heterocycles. The number of nitrogens with zero attached hydrogens (tertiary/aromatic N) is 1. The van der Waals surface area contributed by atoms with Crippen LogP contribution >= 0.6 is 0 Å². The van der Waals surface area contributed by atoms with Crippen LogP contribution in [0.1, 0.15) is 31.2 Å². The van der Waals surface area contributed by atoms with Gasteiger partial charge in [0.15, 0.2) is 0 Å². The summed E-state index contributed by atoms with van der Waals surface area (Å²) >= 11 is 0. The van der Waals surface area contributed by atoms with Crippen LogP contribution in [-0.4, -0.2) is 42.7 Å². The second-order valence-electron chi connectivity index (χ2n) is 8.06. The number of rotatable bonds is 10. The predicted molar refractivity (Wildman–Crippen MR) is 122 cm³/mol. The molecule has 0 spiro atoms. The van der Waals surface area contributed by atoms with Crippen LogP contribution in [0.5, 0.6) is 0 Å². The van der Waals surface area contributed by atoms with E-state index in [4.69, 9.17) is 4.74 Å². The molecule has 184 valence electrons. The van der Waals surface area contributed by atoms with Crippen LogP contribution in [0.4, 0.5) is 30.2 Å². The number of anilines is 2. The summed E-state index contributed by atoms with van der Waals surface area (Å²) in [6, 6.07) is 12.5. The highest BCUT2D eigenvalue weighted by Gasteiger charge is 2.38. The first-order valence-corrected chi connectivity index (χ1v) is 11.0. The van der Waals surface area contributed by atoms with E-state index in [1.807, 2.05) is 30.3 Å². The SMILES string of the molecule is O=C(COC1CCC(Nc2ccc([N+](=O)[O-])c(C(F)(F)F)c2)CC1)NCCNc1ccccc1. The number of nitro benzene ring substituents is 1. The lowest BCUT2D eigenvalue weighted by Crippen LogP contribution is -2.35. The summed E-state index contributed by atoms with van der Waals surface area (Å²) in [6.07, 6.45) is -2.32. The molecule has 1 aliphatic carbocycles. The molecule has 1 amide bonds. The van der Waals surface area contributed by atoms with Crippen molar-refractivity contribution in [2.24, 2.45) is 0 Å². The molecule has 2 aromatic carbocycles. The normalized spacial score (nSPS) is 18.2. The smallest absolute Gasteiger partial charge is 0.383 e. The number of hydrogen-bond donors (Lipinski definition) is 3. The van der Waals surface area contributed by atoms with Crippen molar-refractivity contribution in [3.8, 4) is 0 Å². The Labute approximate surface area is 195 Å². The molecule has 1 aliphatic rings. The molecule has 0 bridgehead atoms. The number of ether oxygens (including phenoxy) is 1. The van der Waals surface area contributed by atoms with Gasteiger partial charge in [0.05, 0.1) is 11.0 Å². The number of benzene rings is 2. The fourth-order valence-corrected chi connectivity index (χ4v) is 3.83. The maximum absolute atomic E-state index is 13.2. The van der Waals surface area contributed by atoms with E-state index in [0.29, 0.717) is 38.8 Å². The minimum Gasteiger partial charge on any atom is -0.383 e. The van der Waals surface area contributed by atoms with E-state index >= 15 is 0 Å². The Hall–Kier alpha value is -3.34. The first-order chi connectivity index (χ1) is 16.2. The molecule has 0 aliphatic heterocycles. The Kier molecular flexibility index (Phi) is 8.69. The Balaban J connectivity index is 1.37. The van der Waals surface area contributed by atoms with Crippen molar-refractivity contribution in [3.05, 3.63) is 64.2 Å². The van der Waals surface area contributed by atoms with Gasteiger partial charge in [-0.3, -0.25) is 14.9 Å². The van der Waals surface area contributed by atoms with Gasteiger partial charge in [-0.25, -0.2) is 0 Å². The van der Waals surface area contributed by atoms with Crippen molar-refractivity contribution in [3.63, 3.8) is 0 Å². The molecule has 2 aromatic rings. The first kappa shape index (κ1) is 25.3. The minimum absolute atomic E-state index is 0.0502. The Morgan fingerprint density at radius 1 is 1.03 bits per heavy atom. The van der Waals surface area contributed by atoms with Crippen molar-refractivity contribution in [1.82, 2.24) is 5.32 Å². The number of alkyl halides is 3. The monoisotopic (exact) mass is 480 g/mol. The van der Waals surface area contributed by atoms with Gasteiger partial charge < -0.3 is 20.7 Å². The minimum atomic E-state index is -4.82. The van der Waals surface area contributed by atoms with E-state index in [-0.39, 0.29) is 30.3 Å². The van der Waals surface area contributed by atoms with Crippen molar-refractivity contribution in [2.75, 3.05) is 30.3 Å². The largest absolute Gasteiger partial charge is 0.423 e. The van der Waals surface area contributed by atoms with Gasteiger partial charge in [0.1, 0.15) is 12.2 Å². The van der Waals surface area contributed by atoms with Gasteiger partial charge >= 0.3 is 6.18 Å². The van der Waals surface area contributed by atoms with Crippen LogP contribution in [0.2, 0.25) is 0 Å². The summed E-state index contributed by atoms with van der Waals surface area (Å²) in [5.74, 6) is -0.208. The number of carbonyl (C=O) groups is 1. The molecule has 34 heavy (non-hydrogen) atoms. The topological polar surface area (TPSA) is 106 Å². The summed E-state index contributed by atoms with van der Waals surface area (Å²) in [7, 11) is 0. The van der Waals surface area contributed by atoms with Crippen molar-refractivity contribution < 1.29 is 27.6 Å². The van der Waals surface area contributed by atoms with Crippen LogP contribution in [-0.2, 0) is 15.7 Å². The van der Waals surface area contributed by atoms with Gasteiger partial charge in [-0.05, 0) is 49.9 Å². The molecule has 0 atom stereocenters. The lowest BCUT2D eigenvalue weighted by molar-refractivity contribution is -0.388. The standard InChI is InChI=1S/C23H27F3N4O4/c24-23(25,26)20-14-18(8-11-21(20)30(32)33)29-17-6-9-19(10-7-17)34-15-22(31)28-13-12-27-16-4-2-1-3-5-16/h1-5,8,11,14,17,19,27,29H,6-7,9-10,12-13,15H2,(H,28,31). The van der Waals surface area contributed by atoms with E-state index in [0.717, 1.165) is 17.8 Å². The van der Waals surface area contributed by atoms with E-state index in [2.05, 4.69) is 16.0 Å². The third-order valence-corrected chi connectivity index (χ3v) is 5.54. The summed E-state index contributed by atoms with van der Waals surface area (Å²) < 4.78 is 45.2. The van der Waals surface area contributed by atoms with Gasteiger partial charge in [0.25, 0.3) is 5.69 Å². The van der Waals surface area contributed by atoms with Crippen LogP contribution in [0.25, 0.3) is 0 Å². The highest BCUT2D eigenvalue weighted by Crippen LogP contribution is 2.38. The average Bonchev–Trinajstić information content (AvgIpc) is 2.81. The van der Waals surface area contributed by atoms with Crippen LogP contribution in [0.3, 0.4) is 0 Å². The van der Waals surface area contributed by atoms with Crippen LogP contribution in [0, 0.1) is 10.1 Å². The molecule has 3 rings (SSSR count). The number of nitrogens with one attached hydrogen (secondary N) is 3. The highest BCUT2D eigenvalue weighted by atomic mass is 19.4. The molecule has 0 unspecified atom stereocenters. The predicted octanol–water partition coefficient (Wildman–Crippen LogP) is 4.58. The highest BCUT2D eigenvalue weighted by molar-refractivity contribution is 5.77. The van der Waals surface area contributed by atoms with Gasteiger partial charge in [-0.15, -0.1) is 0 Å². The second-order valence-corrected chi connectivity index (χ2v) is 8.06. The van der Waals surface area contributed by atoms with Crippen molar-refractivity contribution in [1.29, 1.82) is 0 Å². The maximum atomic E-state index is 13.2. The second kappa shape index (κ2) is 11.7. The fraction of sp³-hybridized carbons (Fsp3) is 0.435. The van der Waals surface area contributed by atoms with Gasteiger partial charge in [0, 0.05) is 36.6 Å². The number of carbonyl (C=O) groups excluding carboxylic acids is 1. The Bertz CT molecular complexity index is 964. The Morgan fingerprint density at radius 3 is 2.38 bits per heavy atom. The molecule has 0 radical (unpaired) electrons. The molecule has 11 heteroatoms. The number of amides is 1. The zero-order valence-electron chi connectivity index (χ0n) is 18.4. The summed E-state index contributed by atoms with van der Waals surface area (Å²) in [5, 5.41) is 19.9. The molecular weight excluding hydrogens is 453 g/mol. The van der Waals surface area contributed by atoms with E-state index < -0.39 is 22.4 Å². The van der Waals surface area contributed by atoms with E-state index in [1.54, 1.807) is 0 Å². The van der Waals surface area contributed by atoms with Crippen molar-refractivity contribution >= 4 is 23.0 Å². The molecular formula is C23H27F3N4O4. The quantitative estimate of drug-likeness (QED) is 0.261. The summed E-state index contributed by atoms with van der Waals surface area (Å²) in [4.78, 5) is 21.8. The summed E-state index contributed by atoms with van der Waals surface area (Å²) in [6.45, 7) is 1.000. The zero-order chi connectivity index (χ0) is 24.6. The lowest BCUT2D eigenvalue weighted by Gasteiger charge is -2.29. The van der Waals surface area contributed by atoms with Gasteiger partial charge in [-0.1, -0.05) is 18.2 Å². The number of hydrogen-bond acceptors (Lipinski definition) is 6. The van der Waals surface area contributed by atoms with Gasteiger partial charge in [0.2, 0.25) is 5.91 Å². The van der Waals surface area contributed by atoms with E-state index in [9.17, 15) is 28.1 Å². The Morgan fingerprint density at radius 2 is 1.74 bits per heavy atom. The third-order valence-electron chi connectivity index (χ3n) is 5.54.